The summed E-state index contributed by atoms with van der Waals surface area (Å²) in [4.78, 5) is 0. The topological polar surface area (TPSA) is 36.9 Å². The van der Waals surface area contributed by atoms with Gasteiger partial charge in [0.05, 0.1) is 39.6 Å². The highest BCUT2D eigenvalue weighted by Crippen LogP contribution is 1.88. The van der Waals surface area contributed by atoms with E-state index in [4.69, 9.17) is 18.3 Å². The summed E-state index contributed by atoms with van der Waals surface area (Å²) in [5.74, 6) is 0. The molecule has 0 aliphatic heterocycles. The Morgan fingerprint density at radius 3 is 1.39 bits per heavy atom. The highest BCUT2D eigenvalue weighted by molar-refractivity contribution is 6.27. The Balaban J connectivity index is 2.86. The molecule has 0 heterocycles. The van der Waals surface area contributed by atoms with Crippen LogP contribution >= 0.6 is 0 Å². The quantitative estimate of drug-likeness (QED) is 0.332. The molecule has 0 aliphatic rings. The Labute approximate surface area is 117 Å². The molecule has 0 atom stereocenters. The van der Waals surface area contributed by atoms with Gasteiger partial charge in [0.25, 0.3) is 0 Å². The molecule has 0 radical (unpaired) electrons. The molecular formula is C12H30O4Si2. The van der Waals surface area contributed by atoms with Crippen molar-refractivity contribution < 1.29 is 18.3 Å². The second-order valence-corrected chi connectivity index (χ2v) is 7.20. The van der Waals surface area contributed by atoms with Gasteiger partial charge < -0.3 is 18.3 Å². The molecule has 0 aromatic rings. The van der Waals surface area contributed by atoms with Crippen LogP contribution in [0.5, 0.6) is 0 Å². The second-order valence-electron chi connectivity index (χ2n) is 4.16. The Morgan fingerprint density at radius 1 is 0.611 bits per heavy atom. The van der Waals surface area contributed by atoms with Crippen molar-refractivity contribution in [1.29, 1.82) is 0 Å². The summed E-state index contributed by atoms with van der Waals surface area (Å²) in [6.45, 7) is 8.59. The normalized spacial score (nSPS) is 12.3. The van der Waals surface area contributed by atoms with Crippen LogP contribution in [-0.2, 0) is 18.3 Å². The van der Waals surface area contributed by atoms with E-state index in [9.17, 15) is 0 Å². The molecule has 0 aromatic heterocycles. The lowest BCUT2D eigenvalue weighted by atomic mass is 10.6. The van der Waals surface area contributed by atoms with Crippen molar-refractivity contribution >= 4 is 19.5 Å². The van der Waals surface area contributed by atoms with Gasteiger partial charge in [-0.05, 0) is 12.1 Å². The van der Waals surface area contributed by atoms with Gasteiger partial charge in [-0.15, -0.1) is 0 Å². The first-order valence-corrected chi connectivity index (χ1v) is 10.4. The molecule has 0 unspecified atom stereocenters. The van der Waals surface area contributed by atoms with E-state index in [0.717, 1.165) is 13.2 Å². The average Bonchev–Trinajstić information content (AvgIpc) is 2.39. The third-order valence-electron chi connectivity index (χ3n) is 2.40. The first kappa shape index (κ1) is 18.3. The van der Waals surface area contributed by atoms with E-state index >= 15 is 0 Å². The van der Waals surface area contributed by atoms with Gasteiger partial charge >= 0.3 is 0 Å². The van der Waals surface area contributed by atoms with Crippen molar-refractivity contribution in [3.05, 3.63) is 0 Å². The van der Waals surface area contributed by atoms with Crippen molar-refractivity contribution in [2.75, 3.05) is 39.6 Å². The molecule has 6 heteroatoms. The van der Waals surface area contributed by atoms with E-state index in [0.29, 0.717) is 26.4 Å². The second kappa shape index (κ2) is 17.3. The summed E-state index contributed by atoms with van der Waals surface area (Å²) in [7, 11) is -0.542. The van der Waals surface area contributed by atoms with Crippen molar-refractivity contribution in [3.8, 4) is 0 Å². The maximum Gasteiger partial charge on any atom is 0.161 e. The van der Waals surface area contributed by atoms with Crippen molar-refractivity contribution in [3.63, 3.8) is 0 Å². The van der Waals surface area contributed by atoms with Gasteiger partial charge in [-0.1, -0.05) is 26.7 Å². The molecule has 0 fully saturated rings. The molecule has 0 rings (SSSR count). The minimum atomic E-state index is -0.271. The predicted molar refractivity (Wildman–Crippen MR) is 80.8 cm³/mol. The molecule has 0 saturated carbocycles. The van der Waals surface area contributed by atoms with Crippen LogP contribution in [-0.4, -0.2) is 59.2 Å². The fraction of sp³-hybridized carbons (Fsp3) is 1.00. The zero-order valence-electron chi connectivity index (χ0n) is 12.1. The molecule has 0 aromatic carbocycles. The summed E-state index contributed by atoms with van der Waals surface area (Å²) in [5, 5.41) is 0. The van der Waals surface area contributed by atoms with Gasteiger partial charge in [0.2, 0.25) is 0 Å². The average molecular weight is 295 g/mol. The third-order valence-corrected chi connectivity index (χ3v) is 5.55. The zero-order valence-corrected chi connectivity index (χ0v) is 14.9. The van der Waals surface area contributed by atoms with E-state index in [1.807, 2.05) is 0 Å². The van der Waals surface area contributed by atoms with Gasteiger partial charge in [0, 0.05) is 0 Å². The van der Waals surface area contributed by atoms with Crippen LogP contribution in [0, 0.1) is 0 Å². The summed E-state index contributed by atoms with van der Waals surface area (Å²) < 4.78 is 21.8. The van der Waals surface area contributed by atoms with Gasteiger partial charge in [0.1, 0.15) is 0 Å². The van der Waals surface area contributed by atoms with Crippen molar-refractivity contribution in [2.45, 2.75) is 38.8 Å². The fourth-order valence-corrected chi connectivity index (χ4v) is 2.88. The molecule has 0 aliphatic carbocycles. The number of rotatable bonds is 15. The van der Waals surface area contributed by atoms with Crippen LogP contribution in [0.25, 0.3) is 0 Å². The smallest absolute Gasteiger partial charge is 0.161 e. The molecule has 18 heavy (non-hydrogen) atoms. The molecule has 110 valence electrons. The number of ether oxygens (including phenoxy) is 2. The fourth-order valence-electron chi connectivity index (χ4n) is 1.25. The number of hydrogen-bond donors (Lipinski definition) is 0. The Morgan fingerprint density at radius 2 is 1.00 bits per heavy atom. The number of hydrogen-bond acceptors (Lipinski definition) is 4. The van der Waals surface area contributed by atoms with Crippen LogP contribution < -0.4 is 0 Å². The largest absolute Gasteiger partial charge is 0.422 e. The molecule has 0 N–H and O–H groups in total. The van der Waals surface area contributed by atoms with Crippen molar-refractivity contribution in [1.82, 2.24) is 0 Å². The lowest BCUT2D eigenvalue weighted by Gasteiger charge is -2.07. The Bertz CT molecular complexity index is 134. The van der Waals surface area contributed by atoms with Crippen LogP contribution in [0.1, 0.15) is 26.7 Å². The molecule has 0 bridgehead atoms. The van der Waals surface area contributed by atoms with E-state index in [1.54, 1.807) is 0 Å². The van der Waals surface area contributed by atoms with E-state index < -0.39 is 0 Å². The summed E-state index contributed by atoms with van der Waals surface area (Å²) in [6, 6.07) is 2.54. The highest BCUT2D eigenvalue weighted by atomic mass is 28.2. The molecular weight excluding hydrogens is 264 g/mol. The Kier molecular flexibility index (Phi) is 17.5. The molecule has 4 nitrogen and oxygen atoms in total. The van der Waals surface area contributed by atoms with Gasteiger partial charge in [0.15, 0.2) is 19.5 Å². The molecule has 0 amide bonds. The van der Waals surface area contributed by atoms with Crippen LogP contribution in [0.15, 0.2) is 0 Å². The van der Waals surface area contributed by atoms with E-state index in [1.165, 1.54) is 24.9 Å². The third kappa shape index (κ3) is 16.3. The standard InChI is InChI=1S/C12H30O4Si2/c1-3-11-17-15-9-7-13-5-6-14-8-10-16-18-12-4-2/h3-12,17-18H2,1-2H3. The minimum Gasteiger partial charge on any atom is -0.422 e. The lowest BCUT2D eigenvalue weighted by molar-refractivity contribution is 0.0279. The van der Waals surface area contributed by atoms with Crippen LogP contribution in [0.4, 0.5) is 0 Å². The first-order valence-electron chi connectivity index (χ1n) is 7.22. The minimum absolute atomic E-state index is 0.271. The predicted octanol–water partition coefficient (Wildman–Crippen LogP) is 0.877. The lowest BCUT2D eigenvalue weighted by Crippen LogP contribution is -2.13. The van der Waals surface area contributed by atoms with E-state index in [-0.39, 0.29) is 19.5 Å². The van der Waals surface area contributed by atoms with E-state index in [2.05, 4.69) is 13.8 Å². The van der Waals surface area contributed by atoms with Crippen LogP contribution in [0.2, 0.25) is 12.1 Å². The highest BCUT2D eigenvalue weighted by Gasteiger charge is 1.92. The van der Waals surface area contributed by atoms with Gasteiger partial charge in [-0.25, -0.2) is 0 Å². The van der Waals surface area contributed by atoms with Gasteiger partial charge in [-0.2, -0.15) is 0 Å². The van der Waals surface area contributed by atoms with Crippen molar-refractivity contribution in [2.24, 2.45) is 0 Å². The zero-order chi connectivity index (χ0) is 13.3. The maximum atomic E-state index is 5.51. The first-order chi connectivity index (χ1) is 8.91. The maximum absolute atomic E-state index is 5.51. The van der Waals surface area contributed by atoms with Gasteiger partial charge in [-0.3, -0.25) is 0 Å². The Hall–Kier alpha value is 0.274. The molecule has 0 saturated heterocycles. The SMILES string of the molecule is CCC[SiH2]OCCOCCOCCO[SiH2]CCC. The molecule has 0 spiro atoms. The summed E-state index contributed by atoms with van der Waals surface area (Å²) in [6.07, 6.45) is 2.48. The van der Waals surface area contributed by atoms with Crippen LogP contribution in [0.3, 0.4) is 0 Å². The monoisotopic (exact) mass is 294 g/mol. The summed E-state index contributed by atoms with van der Waals surface area (Å²) >= 11 is 0. The summed E-state index contributed by atoms with van der Waals surface area (Å²) in [5.41, 5.74) is 0.